The van der Waals surface area contributed by atoms with E-state index in [0.717, 1.165) is 0 Å². The summed E-state index contributed by atoms with van der Waals surface area (Å²) < 4.78 is 9.21. The number of benzene rings is 2. The fourth-order valence-electron chi connectivity index (χ4n) is 3.88. The average molecular weight is 455 g/mol. The van der Waals surface area contributed by atoms with Crippen molar-refractivity contribution in [1.82, 2.24) is 0 Å². The number of hydrogen-bond donors (Lipinski definition) is 0. The third kappa shape index (κ3) is 7.44. The van der Waals surface area contributed by atoms with E-state index >= 15 is 0 Å². The van der Waals surface area contributed by atoms with E-state index in [1.807, 2.05) is 0 Å². The molecule has 0 N–H and O–H groups in total. The molecule has 2 heteroatoms. The van der Waals surface area contributed by atoms with Gasteiger partial charge in [-0.25, -0.2) is 0 Å². The van der Waals surface area contributed by atoms with Crippen LogP contribution in [-0.2, 0) is 4.74 Å². The molecule has 26 heavy (non-hydrogen) atoms. The van der Waals surface area contributed by atoms with Crippen LogP contribution in [0.15, 0.2) is 60.7 Å². The minimum absolute atomic E-state index is 0.517. The molecule has 0 aliphatic heterocycles. The predicted octanol–water partition coefficient (Wildman–Crippen LogP) is 5.01. The molecule has 2 aromatic carbocycles. The van der Waals surface area contributed by atoms with Gasteiger partial charge in [-0.2, -0.15) is 0 Å². The van der Waals surface area contributed by atoms with Gasteiger partial charge in [0.25, 0.3) is 0 Å². The molecule has 0 heterocycles. The van der Waals surface area contributed by atoms with Crippen LogP contribution in [0.4, 0.5) is 0 Å². The molecule has 2 fully saturated rings. The van der Waals surface area contributed by atoms with Crippen molar-refractivity contribution in [1.29, 1.82) is 0 Å². The second-order valence-electron chi connectivity index (χ2n) is 7.51. The number of rotatable bonds is 4. The molecule has 0 aromatic heterocycles. The monoisotopic (exact) mass is 456 g/mol. The predicted molar refractivity (Wildman–Crippen MR) is 113 cm³/mol. The molecule has 0 unspecified atom stereocenters. The molecule has 0 amide bonds. The number of ether oxygens (including phenoxy) is 1. The molecule has 2 saturated carbocycles. The first-order valence-electron chi connectivity index (χ1n) is 10.4. The Labute approximate surface area is 169 Å². The van der Waals surface area contributed by atoms with Gasteiger partial charge in [-0.1, -0.05) is 38.5 Å². The summed E-state index contributed by atoms with van der Waals surface area (Å²) in [5, 5.41) is 0. The van der Waals surface area contributed by atoms with Crippen LogP contribution in [0.1, 0.15) is 64.2 Å². The minimum atomic E-state index is -0.517. The molecule has 2 aliphatic carbocycles. The van der Waals surface area contributed by atoms with Gasteiger partial charge < -0.3 is 4.74 Å². The Balaban J connectivity index is 0.000000151. The van der Waals surface area contributed by atoms with Crippen molar-refractivity contribution in [3.05, 3.63) is 60.7 Å². The van der Waals surface area contributed by atoms with Crippen LogP contribution in [-0.4, -0.2) is 33.4 Å². The van der Waals surface area contributed by atoms with Crippen LogP contribution in [0.25, 0.3) is 0 Å². The quantitative estimate of drug-likeness (QED) is 0.590. The van der Waals surface area contributed by atoms with E-state index in [9.17, 15) is 0 Å². The van der Waals surface area contributed by atoms with Crippen molar-refractivity contribution in [2.24, 2.45) is 0 Å². The van der Waals surface area contributed by atoms with Gasteiger partial charge in [0, 0.05) is 0 Å². The molecule has 0 spiro atoms. The van der Waals surface area contributed by atoms with Gasteiger partial charge in [-0.05, 0) is 25.7 Å². The Hall–Kier alpha value is -0.801. The van der Waals surface area contributed by atoms with E-state index in [1.54, 1.807) is 0 Å². The summed E-state index contributed by atoms with van der Waals surface area (Å²) in [6, 6.07) is 21.6. The van der Waals surface area contributed by atoms with E-state index in [2.05, 4.69) is 60.7 Å². The molecule has 2 aromatic rings. The SMILES string of the molecule is C1CCC(OC2CCCCC2)CC1.c1cc[c]([Sn][c]2ccccc2)cc1. The van der Waals surface area contributed by atoms with Crippen LogP contribution in [0.5, 0.6) is 0 Å². The molecule has 4 rings (SSSR count). The van der Waals surface area contributed by atoms with E-state index in [0.29, 0.717) is 12.2 Å². The van der Waals surface area contributed by atoms with Crippen molar-refractivity contribution in [3.8, 4) is 0 Å². The molecule has 1 nitrogen and oxygen atoms in total. The van der Waals surface area contributed by atoms with Gasteiger partial charge in [-0.3, -0.25) is 0 Å². The van der Waals surface area contributed by atoms with E-state index in [-0.39, 0.29) is 0 Å². The van der Waals surface area contributed by atoms with Gasteiger partial charge >= 0.3 is 89.0 Å². The topological polar surface area (TPSA) is 9.23 Å². The van der Waals surface area contributed by atoms with E-state index < -0.39 is 21.1 Å². The van der Waals surface area contributed by atoms with Crippen molar-refractivity contribution in [3.63, 3.8) is 0 Å². The Morgan fingerprint density at radius 3 is 1.31 bits per heavy atom. The number of hydrogen-bond acceptors (Lipinski definition) is 1. The van der Waals surface area contributed by atoms with E-state index in [4.69, 9.17) is 4.74 Å². The molecule has 2 radical (unpaired) electrons. The summed E-state index contributed by atoms with van der Waals surface area (Å²) in [6.07, 6.45) is 15.0. The van der Waals surface area contributed by atoms with Crippen molar-refractivity contribution < 1.29 is 4.74 Å². The summed E-state index contributed by atoms with van der Waals surface area (Å²) in [4.78, 5) is 0. The van der Waals surface area contributed by atoms with Crippen LogP contribution in [0.2, 0.25) is 0 Å². The van der Waals surface area contributed by atoms with Gasteiger partial charge in [0.15, 0.2) is 0 Å². The first-order valence-corrected chi connectivity index (χ1v) is 13.3. The zero-order valence-electron chi connectivity index (χ0n) is 15.9. The molecular formula is C24H32OSn. The van der Waals surface area contributed by atoms with E-state index in [1.165, 1.54) is 71.4 Å². The third-order valence-electron chi connectivity index (χ3n) is 5.33. The van der Waals surface area contributed by atoms with Gasteiger partial charge in [-0.15, -0.1) is 0 Å². The van der Waals surface area contributed by atoms with Crippen molar-refractivity contribution >= 4 is 28.3 Å². The van der Waals surface area contributed by atoms with Crippen LogP contribution < -0.4 is 7.16 Å². The van der Waals surface area contributed by atoms with Gasteiger partial charge in [0.1, 0.15) is 0 Å². The molecular weight excluding hydrogens is 423 g/mol. The average Bonchev–Trinajstić information content (AvgIpc) is 2.72. The second-order valence-corrected chi connectivity index (χ2v) is 11.5. The van der Waals surface area contributed by atoms with Crippen molar-refractivity contribution in [2.45, 2.75) is 76.4 Å². The summed E-state index contributed by atoms with van der Waals surface area (Å²) in [5.41, 5.74) is 0. The zero-order valence-corrected chi connectivity index (χ0v) is 18.8. The van der Waals surface area contributed by atoms with Gasteiger partial charge in [0.05, 0.1) is 12.2 Å². The van der Waals surface area contributed by atoms with Crippen LogP contribution in [0, 0.1) is 0 Å². The molecule has 138 valence electrons. The summed E-state index contributed by atoms with van der Waals surface area (Å²) in [6.45, 7) is 0. The Bertz CT molecular complexity index is 533. The zero-order chi connectivity index (χ0) is 17.9. The Morgan fingerprint density at radius 2 is 0.923 bits per heavy atom. The fraction of sp³-hybridized carbons (Fsp3) is 0.500. The molecule has 0 bridgehead atoms. The normalized spacial score (nSPS) is 18.8. The summed E-state index contributed by atoms with van der Waals surface area (Å²) >= 11 is -0.517. The Kier molecular flexibility index (Phi) is 9.07. The summed E-state index contributed by atoms with van der Waals surface area (Å²) in [7, 11) is 0. The van der Waals surface area contributed by atoms with Crippen LogP contribution in [0.3, 0.4) is 0 Å². The maximum atomic E-state index is 6.13. The first kappa shape index (κ1) is 19.9. The first-order chi connectivity index (χ1) is 12.9. The summed E-state index contributed by atoms with van der Waals surface area (Å²) in [5.74, 6) is 0. The molecule has 0 atom stereocenters. The second kappa shape index (κ2) is 11.8. The van der Waals surface area contributed by atoms with Gasteiger partial charge in [0.2, 0.25) is 0 Å². The maximum absolute atomic E-state index is 6.13. The Morgan fingerprint density at radius 1 is 0.538 bits per heavy atom. The standard InChI is InChI=1S/C12H22O.2C6H5.Sn/c1-3-7-11(8-4-1)13-12-9-5-2-6-10-12;2*1-2-4-6-5-3-1;/h11-12H,1-10H2;2*1-5H;. The molecule has 0 saturated heterocycles. The van der Waals surface area contributed by atoms with Crippen LogP contribution >= 0.6 is 0 Å². The third-order valence-corrected chi connectivity index (χ3v) is 8.88. The van der Waals surface area contributed by atoms with Crippen molar-refractivity contribution in [2.75, 3.05) is 0 Å². The fourth-order valence-corrected chi connectivity index (χ4v) is 6.89. The molecule has 2 aliphatic rings.